The van der Waals surface area contributed by atoms with E-state index in [0.29, 0.717) is 32.6 Å². The Labute approximate surface area is 157 Å². The molecule has 3 aromatic rings. The molecule has 0 unspecified atom stereocenters. The third-order valence-electron chi connectivity index (χ3n) is 5.10. The number of aromatic nitrogens is 1. The average molecular weight is 533 g/mol. The van der Waals surface area contributed by atoms with Gasteiger partial charge in [0, 0.05) is 27.7 Å². The molecule has 1 fully saturated rings. The van der Waals surface area contributed by atoms with Gasteiger partial charge in [0.05, 0.1) is 2.74 Å². The van der Waals surface area contributed by atoms with Gasteiger partial charge in [-0.1, -0.05) is 37.9 Å². The average Bonchev–Trinajstić information content (AvgIpc) is 2.64. The summed E-state index contributed by atoms with van der Waals surface area (Å²) in [5.41, 5.74) is 3.11. The quantitative estimate of drug-likeness (QED) is 0.267. The molecule has 0 amide bonds. The summed E-state index contributed by atoms with van der Waals surface area (Å²) in [5, 5.41) is 1.81. The van der Waals surface area contributed by atoms with Crippen LogP contribution in [0.1, 0.15) is 54.1 Å². The first-order valence-electron chi connectivity index (χ1n) is 9.42. The van der Waals surface area contributed by atoms with E-state index in [1.54, 1.807) is 0 Å². The monoisotopic (exact) mass is 533 g/mol. The summed E-state index contributed by atoms with van der Waals surface area (Å²) in [7, 11) is 0. The largest absolute Gasteiger partial charge is 0.304 e. The van der Waals surface area contributed by atoms with Crippen LogP contribution in [0.4, 0.5) is 0 Å². The number of hydrogen-bond donors (Lipinski definition) is 0. The van der Waals surface area contributed by atoms with Crippen molar-refractivity contribution in [1.29, 1.82) is 0 Å². The van der Waals surface area contributed by atoms with E-state index in [1.807, 2.05) is 6.20 Å². The van der Waals surface area contributed by atoms with Gasteiger partial charge in [-0.05, 0) is 60.9 Å². The Morgan fingerprint density at radius 1 is 1.09 bits per heavy atom. The third-order valence-corrected chi connectivity index (χ3v) is 5.70. The molecule has 2 aromatic carbocycles. The molecular formula is C19H15BrIrN-. The number of fused-ring (bicyclic) bond motifs is 5. The number of hydrogen-bond acceptors (Lipinski definition) is 1. The molecule has 1 heterocycles. The zero-order valence-electron chi connectivity index (χ0n) is 15.7. The standard InChI is InChI=1S/C19H15BrN.Ir/c20-17-3-1-2-14-13(17)8-9-15-18-12-6-4-11(5-7-12)16(18)10-21-19(14)15;/h1,3,8-12H,4-7H2;/q-1;/i1D,3D,8D,9D;. The van der Waals surface area contributed by atoms with E-state index in [4.69, 9.17) is 5.48 Å². The summed E-state index contributed by atoms with van der Waals surface area (Å²) in [4.78, 5) is 4.66. The summed E-state index contributed by atoms with van der Waals surface area (Å²) in [6.45, 7) is 0. The van der Waals surface area contributed by atoms with E-state index < -0.39 is 0 Å². The Morgan fingerprint density at radius 2 is 1.82 bits per heavy atom. The molecule has 0 saturated heterocycles. The van der Waals surface area contributed by atoms with Gasteiger partial charge < -0.3 is 4.98 Å². The summed E-state index contributed by atoms with van der Waals surface area (Å²) >= 11 is 3.35. The maximum absolute atomic E-state index is 8.64. The van der Waals surface area contributed by atoms with Gasteiger partial charge in [-0.25, -0.2) is 0 Å². The first-order valence-corrected chi connectivity index (χ1v) is 8.21. The van der Waals surface area contributed by atoms with Gasteiger partial charge in [-0.2, -0.15) is 0 Å². The summed E-state index contributed by atoms with van der Waals surface area (Å²) in [6, 6.07) is 3.21. The number of nitrogens with zero attached hydrogens (tertiary/aromatic N) is 1. The molecule has 3 aliphatic rings. The Morgan fingerprint density at radius 3 is 2.64 bits per heavy atom. The van der Waals surface area contributed by atoms with Crippen LogP contribution in [0.2, 0.25) is 0 Å². The Kier molecular flexibility index (Phi) is 2.68. The molecule has 0 spiro atoms. The van der Waals surface area contributed by atoms with E-state index in [2.05, 4.69) is 27.0 Å². The van der Waals surface area contributed by atoms with E-state index in [-0.39, 0.29) is 44.3 Å². The van der Waals surface area contributed by atoms with Gasteiger partial charge in [-0.3, -0.25) is 0 Å². The van der Waals surface area contributed by atoms with Crippen molar-refractivity contribution < 1.29 is 25.6 Å². The SMILES string of the molecule is [2H]c1[c-]c2c(c([2H])c([2H])c3c4c(cnc32)C2CCC4CC2)c(Br)c1[2H].[Ir]. The molecule has 2 bridgehead atoms. The molecule has 0 aliphatic heterocycles. The summed E-state index contributed by atoms with van der Waals surface area (Å²) in [5.74, 6) is 0.972. The van der Waals surface area contributed by atoms with Crippen molar-refractivity contribution in [3.05, 3.63) is 52.0 Å². The first-order chi connectivity index (χ1) is 12.0. The van der Waals surface area contributed by atoms with Crippen molar-refractivity contribution in [1.82, 2.24) is 4.98 Å². The Hall–Kier alpha value is -0.761. The van der Waals surface area contributed by atoms with Crippen molar-refractivity contribution in [2.75, 3.05) is 0 Å². The van der Waals surface area contributed by atoms with Crippen molar-refractivity contribution in [3.8, 4) is 0 Å². The van der Waals surface area contributed by atoms with Gasteiger partial charge in [0.25, 0.3) is 0 Å². The zero-order valence-corrected chi connectivity index (χ0v) is 15.7. The molecule has 3 aliphatic carbocycles. The van der Waals surface area contributed by atoms with E-state index in [0.717, 1.165) is 18.2 Å². The molecule has 1 radical (unpaired) electrons. The molecule has 22 heavy (non-hydrogen) atoms. The van der Waals surface area contributed by atoms with Crippen LogP contribution >= 0.6 is 15.9 Å². The predicted molar refractivity (Wildman–Crippen MR) is 89.7 cm³/mol. The first kappa shape index (κ1) is 10.9. The van der Waals surface area contributed by atoms with Crippen LogP contribution in [-0.2, 0) is 20.1 Å². The topological polar surface area (TPSA) is 12.9 Å². The van der Waals surface area contributed by atoms with Gasteiger partial charge in [0.15, 0.2) is 0 Å². The van der Waals surface area contributed by atoms with Crippen LogP contribution in [0.15, 0.2) is 34.8 Å². The van der Waals surface area contributed by atoms with E-state index >= 15 is 0 Å². The summed E-state index contributed by atoms with van der Waals surface area (Å²) < 4.78 is 33.5. The van der Waals surface area contributed by atoms with Gasteiger partial charge in [-0.15, -0.1) is 23.5 Å². The molecule has 1 saturated carbocycles. The van der Waals surface area contributed by atoms with Crippen molar-refractivity contribution >= 4 is 37.6 Å². The van der Waals surface area contributed by atoms with Crippen molar-refractivity contribution in [2.45, 2.75) is 37.5 Å². The molecule has 3 heteroatoms. The molecule has 0 N–H and O–H groups in total. The molecule has 0 atom stereocenters. The second-order valence-corrected chi connectivity index (χ2v) is 6.88. The fourth-order valence-electron chi connectivity index (χ4n) is 4.12. The fourth-order valence-corrected chi connectivity index (χ4v) is 4.51. The number of benzene rings is 2. The Balaban J connectivity index is 0.00000168. The van der Waals surface area contributed by atoms with E-state index in [1.165, 1.54) is 24.0 Å². The van der Waals surface area contributed by atoms with Gasteiger partial charge in [0.1, 0.15) is 0 Å². The second kappa shape index (κ2) is 5.40. The van der Waals surface area contributed by atoms with Crippen LogP contribution in [0.5, 0.6) is 0 Å². The molecular weight excluding hydrogens is 514 g/mol. The fraction of sp³-hybridized carbons (Fsp3) is 0.316. The van der Waals surface area contributed by atoms with E-state index in [9.17, 15) is 0 Å². The maximum Gasteiger partial charge on any atom is 0.0613 e. The Bertz CT molecular complexity index is 1080. The normalized spacial score (nSPS) is 25.1. The van der Waals surface area contributed by atoms with Crippen molar-refractivity contribution in [2.24, 2.45) is 0 Å². The van der Waals surface area contributed by atoms with Gasteiger partial charge in [0.2, 0.25) is 0 Å². The molecule has 6 rings (SSSR count). The van der Waals surface area contributed by atoms with Crippen LogP contribution in [0, 0.1) is 6.07 Å². The molecule has 113 valence electrons. The molecule has 1 nitrogen and oxygen atoms in total. The third kappa shape index (κ3) is 1.95. The maximum atomic E-state index is 8.64. The van der Waals surface area contributed by atoms with Crippen LogP contribution in [-0.4, -0.2) is 4.98 Å². The van der Waals surface area contributed by atoms with Crippen LogP contribution < -0.4 is 0 Å². The number of rotatable bonds is 0. The minimum atomic E-state index is -0.0150. The van der Waals surface area contributed by atoms with Crippen molar-refractivity contribution in [3.63, 3.8) is 0 Å². The predicted octanol–water partition coefficient (Wildman–Crippen LogP) is 5.70. The number of pyridine rings is 1. The minimum Gasteiger partial charge on any atom is -0.304 e. The number of halogens is 1. The van der Waals surface area contributed by atoms with Crippen LogP contribution in [0.3, 0.4) is 0 Å². The molecule has 1 aromatic heterocycles. The second-order valence-electron chi connectivity index (χ2n) is 6.09. The zero-order chi connectivity index (χ0) is 17.5. The minimum absolute atomic E-state index is 0. The summed E-state index contributed by atoms with van der Waals surface area (Å²) in [6.07, 6.45) is 6.61. The van der Waals surface area contributed by atoms with Crippen LogP contribution in [0.25, 0.3) is 21.7 Å². The smallest absolute Gasteiger partial charge is 0.0613 e. The van der Waals surface area contributed by atoms with Gasteiger partial charge >= 0.3 is 0 Å².